The average molecular weight is 284 g/mol. The van der Waals surface area contributed by atoms with Crippen LogP contribution in [0.25, 0.3) is 10.8 Å². The maximum Gasteiger partial charge on any atom is 0.411 e. The van der Waals surface area contributed by atoms with Gasteiger partial charge in [0.15, 0.2) is 0 Å². The van der Waals surface area contributed by atoms with E-state index in [0.717, 1.165) is 36.0 Å². The molecule has 21 heavy (non-hydrogen) atoms. The van der Waals surface area contributed by atoms with Crippen LogP contribution in [0.15, 0.2) is 42.5 Å². The van der Waals surface area contributed by atoms with Gasteiger partial charge in [-0.25, -0.2) is 4.79 Å². The third kappa shape index (κ3) is 3.16. The number of piperidine rings is 1. The smallest absolute Gasteiger partial charge is 0.411 e. The lowest BCUT2D eigenvalue weighted by Crippen LogP contribution is -2.42. The number of amides is 1. The van der Waals surface area contributed by atoms with Gasteiger partial charge in [0.2, 0.25) is 0 Å². The molecule has 1 aliphatic heterocycles. The summed E-state index contributed by atoms with van der Waals surface area (Å²) in [5, 5.41) is 8.24. The van der Waals surface area contributed by atoms with Crippen LogP contribution < -0.4 is 10.6 Å². The monoisotopic (exact) mass is 284 g/mol. The number of carbonyl (C=O) groups is 1. The van der Waals surface area contributed by atoms with Gasteiger partial charge in [-0.1, -0.05) is 43.3 Å². The van der Waals surface area contributed by atoms with Gasteiger partial charge in [0.25, 0.3) is 0 Å². The van der Waals surface area contributed by atoms with E-state index in [1.165, 1.54) is 0 Å². The highest BCUT2D eigenvalue weighted by Crippen LogP contribution is 2.23. The summed E-state index contributed by atoms with van der Waals surface area (Å²) >= 11 is 0. The van der Waals surface area contributed by atoms with Gasteiger partial charge in [0.05, 0.1) is 5.69 Å². The Labute approximate surface area is 124 Å². The van der Waals surface area contributed by atoms with Crippen molar-refractivity contribution in [2.45, 2.75) is 19.4 Å². The van der Waals surface area contributed by atoms with Crippen molar-refractivity contribution in [1.29, 1.82) is 0 Å². The van der Waals surface area contributed by atoms with Crippen LogP contribution in [0, 0.1) is 5.92 Å². The molecule has 2 atom stereocenters. The second-order valence-electron chi connectivity index (χ2n) is 5.57. The zero-order valence-electron chi connectivity index (χ0n) is 12.1. The van der Waals surface area contributed by atoms with Crippen molar-refractivity contribution in [2.24, 2.45) is 5.92 Å². The second kappa shape index (κ2) is 6.14. The summed E-state index contributed by atoms with van der Waals surface area (Å²) in [4.78, 5) is 12.1. The molecule has 1 fully saturated rings. The van der Waals surface area contributed by atoms with E-state index in [1.54, 1.807) is 0 Å². The molecule has 0 bridgehead atoms. The highest BCUT2D eigenvalue weighted by Gasteiger charge is 2.24. The molecule has 0 aromatic heterocycles. The van der Waals surface area contributed by atoms with E-state index in [0.29, 0.717) is 5.92 Å². The van der Waals surface area contributed by atoms with Gasteiger partial charge in [0, 0.05) is 11.9 Å². The first-order valence-corrected chi connectivity index (χ1v) is 7.40. The molecule has 2 unspecified atom stereocenters. The van der Waals surface area contributed by atoms with E-state index in [2.05, 4.69) is 17.6 Å². The van der Waals surface area contributed by atoms with Crippen LogP contribution in [0.5, 0.6) is 0 Å². The lowest BCUT2D eigenvalue weighted by atomic mass is 9.97. The summed E-state index contributed by atoms with van der Waals surface area (Å²) in [6.45, 7) is 3.84. The molecule has 110 valence electrons. The molecule has 0 radical (unpaired) electrons. The predicted molar refractivity (Wildman–Crippen MR) is 84.5 cm³/mol. The van der Waals surface area contributed by atoms with Crippen LogP contribution in [-0.2, 0) is 4.74 Å². The maximum absolute atomic E-state index is 12.1. The first-order valence-electron chi connectivity index (χ1n) is 7.40. The van der Waals surface area contributed by atoms with E-state index >= 15 is 0 Å². The van der Waals surface area contributed by atoms with Gasteiger partial charge >= 0.3 is 6.09 Å². The summed E-state index contributed by atoms with van der Waals surface area (Å²) in [5.41, 5.74) is 0.787. The molecule has 0 saturated carbocycles. The van der Waals surface area contributed by atoms with E-state index in [9.17, 15) is 4.79 Å². The van der Waals surface area contributed by atoms with Crippen LogP contribution >= 0.6 is 0 Å². The summed E-state index contributed by atoms with van der Waals surface area (Å²) in [6.07, 6.45) is 0.590. The summed E-state index contributed by atoms with van der Waals surface area (Å²) < 4.78 is 5.54. The van der Waals surface area contributed by atoms with Crippen LogP contribution in [0.2, 0.25) is 0 Å². The third-order valence-corrected chi connectivity index (χ3v) is 4.04. The molecular weight excluding hydrogens is 264 g/mol. The zero-order chi connectivity index (χ0) is 14.7. The molecule has 0 aliphatic carbocycles. The molecule has 0 spiro atoms. The Morgan fingerprint density at radius 1 is 1.24 bits per heavy atom. The standard InChI is InChI=1S/C17H20N2O2/c1-12-9-10-18-11-16(12)21-17(20)19-15-8-4-6-13-5-2-3-7-14(13)15/h2-8,12,16,18H,9-11H2,1H3,(H,19,20). The number of hydrogen-bond acceptors (Lipinski definition) is 3. The molecule has 2 aromatic carbocycles. The Kier molecular flexibility index (Phi) is 4.06. The van der Waals surface area contributed by atoms with Crippen molar-refractivity contribution in [3.63, 3.8) is 0 Å². The van der Waals surface area contributed by atoms with Crippen molar-refractivity contribution in [3.05, 3.63) is 42.5 Å². The topological polar surface area (TPSA) is 50.4 Å². The number of anilines is 1. The van der Waals surface area contributed by atoms with Gasteiger partial charge in [-0.15, -0.1) is 0 Å². The number of benzene rings is 2. The molecule has 2 aromatic rings. The highest BCUT2D eigenvalue weighted by atomic mass is 16.6. The van der Waals surface area contributed by atoms with E-state index < -0.39 is 0 Å². The Bertz CT molecular complexity index is 636. The van der Waals surface area contributed by atoms with Crippen molar-refractivity contribution in [1.82, 2.24) is 5.32 Å². The van der Waals surface area contributed by atoms with Crippen molar-refractivity contribution in [3.8, 4) is 0 Å². The van der Waals surface area contributed by atoms with E-state index in [-0.39, 0.29) is 12.2 Å². The lowest BCUT2D eigenvalue weighted by Gasteiger charge is -2.29. The van der Waals surface area contributed by atoms with Gasteiger partial charge in [-0.05, 0) is 30.3 Å². The normalized spacial score (nSPS) is 22.0. The minimum absolute atomic E-state index is 0.0614. The first-order chi connectivity index (χ1) is 10.2. The summed E-state index contributed by atoms with van der Waals surface area (Å²) in [7, 11) is 0. The number of nitrogens with one attached hydrogen (secondary N) is 2. The maximum atomic E-state index is 12.1. The van der Waals surface area contributed by atoms with Gasteiger partial charge in [-0.3, -0.25) is 5.32 Å². The van der Waals surface area contributed by atoms with Gasteiger partial charge in [-0.2, -0.15) is 0 Å². The molecular formula is C17H20N2O2. The fourth-order valence-corrected chi connectivity index (χ4v) is 2.73. The van der Waals surface area contributed by atoms with Crippen LogP contribution in [0.3, 0.4) is 0 Å². The quantitative estimate of drug-likeness (QED) is 0.888. The summed E-state index contributed by atoms with van der Waals surface area (Å²) in [6, 6.07) is 13.8. The number of fused-ring (bicyclic) bond motifs is 1. The average Bonchev–Trinajstić information content (AvgIpc) is 2.50. The van der Waals surface area contributed by atoms with Crippen molar-refractivity contribution < 1.29 is 9.53 Å². The van der Waals surface area contributed by atoms with Gasteiger partial charge in [0.1, 0.15) is 6.10 Å². The van der Waals surface area contributed by atoms with Crippen molar-refractivity contribution >= 4 is 22.6 Å². The summed E-state index contributed by atoms with van der Waals surface area (Å²) in [5.74, 6) is 0.393. The Hall–Kier alpha value is -2.07. The number of carbonyl (C=O) groups excluding carboxylic acids is 1. The van der Waals surface area contributed by atoms with Crippen LogP contribution in [-0.4, -0.2) is 25.3 Å². The SMILES string of the molecule is CC1CCNCC1OC(=O)Nc1cccc2ccccc12. The highest BCUT2D eigenvalue weighted by molar-refractivity contribution is 6.00. The number of ether oxygens (including phenoxy) is 1. The molecule has 4 heteroatoms. The van der Waals surface area contributed by atoms with E-state index in [1.807, 2.05) is 42.5 Å². The van der Waals surface area contributed by atoms with E-state index in [4.69, 9.17) is 4.74 Å². The Morgan fingerprint density at radius 3 is 2.90 bits per heavy atom. The van der Waals surface area contributed by atoms with Crippen molar-refractivity contribution in [2.75, 3.05) is 18.4 Å². The minimum Gasteiger partial charge on any atom is -0.444 e. The number of rotatable bonds is 2. The second-order valence-corrected chi connectivity index (χ2v) is 5.57. The third-order valence-electron chi connectivity index (χ3n) is 4.04. The molecule has 1 amide bonds. The zero-order valence-corrected chi connectivity index (χ0v) is 12.1. The lowest BCUT2D eigenvalue weighted by molar-refractivity contribution is 0.0614. The van der Waals surface area contributed by atoms with Crippen LogP contribution in [0.4, 0.5) is 10.5 Å². The fraction of sp³-hybridized carbons (Fsp3) is 0.353. The first kappa shape index (κ1) is 13.9. The molecule has 4 nitrogen and oxygen atoms in total. The predicted octanol–water partition coefficient (Wildman–Crippen LogP) is 3.39. The molecule has 1 heterocycles. The minimum atomic E-state index is -0.382. The molecule has 3 rings (SSSR count). The Balaban J connectivity index is 1.71. The fourth-order valence-electron chi connectivity index (χ4n) is 2.73. The van der Waals surface area contributed by atoms with Crippen LogP contribution in [0.1, 0.15) is 13.3 Å². The molecule has 2 N–H and O–H groups in total. The largest absolute Gasteiger partial charge is 0.444 e. The molecule has 1 saturated heterocycles. The molecule has 1 aliphatic rings. The number of hydrogen-bond donors (Lipinski definition) is 2. The Morgan fingerprint density at radius 2 is 2.05 bits per heavy atom. The van der Waals surface area contributed by atoms with Gasteiger partial charge < -0.3 is 10.1 Å².